The third-order valence-electron chi connectivity index (χ3n) is 3.40. The van der Waals surface area contributed by atoms with Crippen LogP contribution in [0.5, 0.6) is 6.01 Å². The number of ether oxygens (including phenoxy) is 3. The van der Waals surface area contributed by atoms with Crippen molar-refractivity contribution in [3.63, 3.8) is 0 Å². The van der Waals surface area contributed by atoms with Gasteiger partial charge in [-0.15, -0.1) is 0 Å². The number of hydrogen-bond acceptors (Lipinski definition) is 9. The van der Waals surface area contributed by atoms with E-state index in [9.17, 15) is 0 Å². The minimum atomic E-state index is 0.292. The van der Waals surface area contributed by atoms with Crippen LogP contribution >= 0.6 is 0 Å². The topological polar surface area (TPSA) is 116 Å². The van der Waals surface area contributed by atoms with Crippen LogP contribution in [-0.2, 0) is 9.47 Å². The second-order valence-electron chi connectivity index (χ2n) is 5.18. The molecule has 130 valence electrons. The lowest BCUT2D eigenvalue weighted by molar-refractivity contribution is 0.0547. The summed E-state index contributed by atoms with van der Waals surface area (Å²) in [6.45, 7) is 3.30. The molecule has 0 saturated heterocycles. The van der Waals surface area contributed by atoms with E-state index in [0.29, 0.717) is 63.5 Å². The van der Waals surface area contributed by atoms with Crippen LogP contribution in [0.4, 0.5) is 11.9 Å². The third kappa shape index (κ3) is 6.51. The van der Waals surface area contributed by atoms with E-state index < -0.39 is 0 Å². The smallest absolute Gasteiger partial charge is 0.322 e. The molecule has 1 aliphatic rings. The molecule has 9 nitrogen and oxygen atoms in total. The fraction of sp³-hybridized carbons (Fsp3) is 0.786. The average Bonchev–Trinajstić information content (AvgIpc) is 2.53. The molecule has 0 aromatic carbocycles. The molecule has 0 bridgehead atoms. The van der Waals surface area contributed by atoms with Gasteiger partial charge in [0.15, 0.2) is 0 Å². The minimum Gasteiger partial charge on any atom is -0.467 e. The fourth-order valence-electron chi connectivity index (χ4n) is 1.97. The zero-order valence-corrected chi connectivity index (χ0v) is 13.6. The zero-order chi connectivity index (χ0) is 16.3. The highest BCUT2D eigenvalue weighted by molar-refractivity contribution is 5.36. The van der Waals surface area contributed by atoms with Crippen molar-refractivity contribution in [3.8, 4) is 6.01 Å². The average molecular weight is 326 g/mol. The molecule has 0 amide bonds. The first-order valence-corrected chi connectivity index (χ1v) is 7.98. The van der Waals surface area contributed by atoms with E-state index in [2.05, 4.69) is 25.6 Å². The molecule has 1 aliphatic carbocycles. The third-order valence-corrected chi connectivity index (χ3v) is 3.40. The summed E-state index contributed by atoms with van der Waals surface area (Å²) < 4.78 is 15.8. The Morgan fingerprint density at radius 1 is 1.04 bits per heavy atom. The van der Waals surface area contributed by atoms with Gasteiger partial charge in [-0.25, -0.2) is 0 Å². The van der Waals surface area contributed by atoms with Crippen molar-refractivity contribution in [1.82, 2.24) is 15.0 Å². The number of methoxy groups -OCH3 is 1. The maximum atomic E-state index is 5.43. The molecule has 23 heavy (non-hydrogen) atoms. The molecule has 9 heteroatoms. The second-order valence-corrected chi connectivity index (χ2v) is 5.18. The maximum absolute atomic E-state index is 5.43. The Hall–Kier alpha value is -1.71. The van der Waals surface area contributed by atoms with E-state index in [1.54, 1.807) is 0 Å². The number of hydrogen-bond donors (Lipinski definition) is 3. The SMILES string of the molecule is COc1nc(NCCOCCOCCN)nc(NC2CCC2)n1. The van der Waals surface area contributed by atoms with E-state index in [1.165, 1.54) is 13.5 Å². The Morgan fingerprint density at radius 2 is 1.78 bits per heavy atom. The molecule has 0 aliphatic heterocycles. The Kier molecular flexibility index (Phi) is 7.78. The van der Waals surface area contributed by atoms with Gasteiger partial charge in [0.2, 0.25) is 11.9 Å². The van der Waals surface area contributed by atoms with Crippen LogP contribution in [0.2, 0.25) is 0 Å². The predicted octanol–water partition coefficient (Wildman–Crippen LogP) is 0.248. The molecule has 1 aromatic heterocycles. The molecule has 2 rings (SSSR count). The van der Waals surface area contributed by atoms with Crippen molar-refractivity contribution in [2.45, 2.75) is 25.3 Å². The van der Waals surface area contributed by atoms with Crippen LogP contribution in [0.3, 0.4) is 0 Å². The quantitative estimate of drug-likeness (QED) is 0.465. The summed E-state index contributed by atoms with van der Waals surface area (Å²) in [7, 11) is 1.54. The van der Waals surface area contributed by atoms with Gasteiger partial charge in [0.25, 0.3) is 0 Å². The summed E-state index contributed by atoms with van der Waals surface area (Å²) in [5.41, 5.74) is 5.32. The highest BCUT2D eigenvalue weighted by Crippen LogP contribution is 2.22. The zero-order valence-electron chi connectivity index (χ0n) is 13.6. The van der Waals surface area contributed by atoms with Crippen LogP contribution in [0.1, 0.15) is 19.3 Å². The Bertz CT molecular complexity index is 458. The number of rotatable bonds is 12. The molecule has 4 N–H and O–H groups in total. The summed E-state index contributed by atoms with van der Waals surface area (Å²) in [5.74, 6) is 1.02. The number of nitrogens with two attached hydrogens (primary N) is 1. The lowest BCUT2D eigenvalue weighted by Crippen LogP contribution is -2.28. The van der Waals surface area contributed by atoms with Crippen LogP contribution < -0.4 is 21.1 Å². The van der Waals surface area contributed by atoms with Crippen LogP contribution in [0.25, 0.3) is 0 Å². The lowest BCUT2D eigenvalue weighted by atomic mass is 9.93. The van der Waals surface area contributed by atoms with Crippen molar-refractivity contribution in [2.24, 2.45) is 5.73 Å². The number of anilines is 2. The molecule has 1 aromatic rings. The van der Waals surface area contributed by atoms with E-state index in [4.69, 9.17) is 19.9 Å². The molecule has 1 heterocycles. The molecule has 1 fully saturated rings. The van der Waals surface area contributed by atoms with Crippen molar-refractivity contribution < 1.29 is 14.2 Å². The normalized spacial score (nSPS) is 14.3. The predicted molar refractivity (Wildman–Crippen MR) is 86.8 cm³/mol. The molecule has 1 saturated carbocycles. The second kappa shape index (κ2) is 10.1. The van der Waals surface area contributed by atoms with Gasteiger partial charge in [-0.1, -0.05) is 0 Å². The monoisotopic (exact) mass is 326 g/mol. The first-order chi connectivity index (χ1) is 11.3. The van der Waals surface area contributed by atoms with Crippen LogP contribution in [-0.4, -0.2) is 67.6 Å². The van der Waals surface area contributed by atoms with E-state index in [1.807, 2.05) is 0 Å². The lowest BCUT2D eigenvalue weighted by Gasteiger charge is -2.26. The van der Waals surface area contributed by atoms with Gasteiger partial charge in [0, 0.05) is 19.1 Å². The molecular weight excluding hydrogens is 300 g/mol. The van der Waals surface area contributed by atoms with Gasteiger partial charge in [-0.05, 0) is 19.3 Å². The highest BCUT2D eigenvalue weighted by atomic mass is 16.5. The standard InChI is InChI=1S/C14H26N6O3/c1-21-14-19-12(16-6-8-23-10-9-22-7-5-15)18-13(20-14)17-11-3-2-4-11/h11H,2-10,15H2,1H3,(H2,16,17,18,19,20). The van der Waals surface area contributed by atoms with Gasteiger partial charge in [-0.3, -0.25) is 0 Å². The van der Waals surface area contributed by atoms with Gasteiger partial charge in [-0.2, -0.15) is 15.0 Å². The molecule has 0 radical (unpaired) electrons. The summed E-state index contributed by atoms with van der Waals surface area (Å²) >= 11 is 0. The van der Waals surface area contributed by atoms with Crippen molar-refractivity contribution in [3.05, 3.63) is 0 Å². The van der Waals surface area contributed by atoms with Crippen molar-refractivity contribution in [1.29, 1.82) is 0 Å². The van der Waals surface area contributed by atoms with Crippen molar-refractivity contribution >= 4 is 11.9 Å². The molecule has 0 atom stereocenters. The Morgan fingerprint density at radius 3 is 2.43 bits per heavy atom. The number of nitrogens with one attached hydrogen (secondary N) is 2. The minimum absolute atomic E-state index is 0.292. The van der Waals surface area contributed by atoms with Gasteiger partial charge in [0.1, 0.15) is 0 Å². The maximum Gasteiger partial charge on any atom is 0.322 e. The summed E-state index contributed by atoms with van der Waals surface area (Å²) in [6.07, 6.45) is 3.55. The van der Waals surface area contributed by atoms with Crippen LogP contribution in [0.15, 0.2) is 0 Å². The van der Waals surface area contributed by atoms with Gasteiger partial charge < -0.3 is 30.6 Å². The first kappa shape index (κ1) is 17.6. The highest BCUT2D eigenvalue weighted by Gasteiger charge is 2.19. The molecular formula is C14H26N6O3. The summed E-state index contributed by atoms with van der Waals surface area (Å²) in [4.78, 5) is 12.7. The largest absolute Gasteiger partial charge is 0.467 e. The number of aromatic nitrogens is 3. The van der Waals surface area contributed by atoms with E-state index >= 15 is 0 Å². The van der Waals surface area contributed by atoms with Crippen molar-refractivity contribution in [2.75, 3.05) is 57.3 Å². The molecule has 0 unspecified atom stereocenters. The van der Waals surface area contributed by atoms with Gasteiger partial charge >= 0.3 is 6.01 Å². The Labute approximate surface area is 136 Å². The first-order valence-electron chi connectivity index (χ1n) is 7.98. The van der Waals surface area contributed by atoms with E-state index in [0.717, 1.165) is 12.8 Å². The fourth-order valence-corrected chi connectivity index (χ4v) is 1.97. The summed E-state index contributed by atoms with van der Waals surface area (Å²) in [5, 5.41) is 6.39. The summed E-state index contributed by atoms with van der Waals surface area (Å²) in [6, 6.07) is 0.743. The van der Waals surface area contributed by atoms with E-state index in [-0.39, 0.29) is 0 Å². The van der Waals surface area contributed by atoms with Crippen LogP contribution in [0, 0.1) is 0 Å². The van der Waals surface area contributed by atoms with Gasteiger partial charge in [0.05, 0.1) is 33.5 Å². The Balaban J connectivity index is 1.69. The molecule has 0 spiro atoms. The number of nitrogens with zero attached hydrogens (tertiary/aromatic N) is 3.